The monoisotopic (exact) mass is 303 g/mol. The van der Waals surface area contributed by atoms with Gasteiger partial charge < -0.3 is 9.84 Å². The van der Waals surface area contributed by atoms with E-state index in [1.54, 1.807) is 0 Å². The maximum atomic E-state index is 12.8. The molecule has 0 aromatic rings. The Morgan fingerprint density at radius 2 is 1.90 bits per heavy atom. The standard InChI is InChI=1S/C14H25NO4S/c1-9(2)11-7-13-15(12(8-19-13)14(11)16)20(17,18)10-5-3-4-6-10/h9-14,16H,3-8H2,1-2H3/t11-,12-,13+,14-/m0/s1. The first-order valence-electron chi connectivity index (χ1n) is 7.75. The summed E-state index contributed by atoms with van der Waals surface area (Å²) in [5, 5.41) is 10.2. The Kier molecular flexibility index (Phi) is 3.86. The van der Waals surface area contributed by atoms with E-state index in [-0.39, 0.29) is 23.4 Å². The molecule has 0 unspecified atom stereocenters. The highest BCUT2D eigenvalue weighted by atomic mass is 32.2. The second-order valence-corrected chi connectivity index (χ2v) is 8.89. The van der Waals surface area contributed by atoms with Crippen LogP contribution in [0.15, 0.2) is 0 Å². The zero-order valence-electron chi connectivity index (χ0n) is 12.2. The first kappa shape index (κ1) is 14.8. The average molecular weight is 303 g/mol. The molecular formula is C14H25NO4S. The number of hydrogen-bond donors (Lipinski definition) is 1. The summed E-state index contributed by atoms with van der Waals surface area (Å²) in [4.78, 5) is 0. The molecule has 0 aromatic carbocycles. The maximum Gasteiger partial charge on any atom is 0.219 e. The van der Waals surface area contributed by atoms with Crippen molar-refractivity contribution in [3.05, 3.63) is 0 Å². The predicted octanol–water partition coefficient (Wildman–Crippen LogP) is 1.32. The van der Waals surface area contributed by atoms with Crippen molar-refractivity contribution in [3.8, 4) is 0 Å². The summed E-state index contributed by atoms with van der Waals surface area (Å²) in [6, 6.07) is -0.383. The Bertz CT molecular complexity index is 458. The van der Waals surface area contributed by atoms with E-state index < -0.39 is 16.1 Å². The van der Waals surface area contributed by atoms with E-state index in [4.69, 9.17) is 4.74 Å². The lowest BCUT2D eigenvalue weighted by atomic mass is 9.82. The lowest BCUT2D eigenvalue weighted by Gasteiger charge is -2.42. The quantitative estimate of drug-likeness (QED) is 0.854. The summed E-state index contributed by atoms with van der Waals surface area (Å²) >= 11 is 0. The molecule has 0 aromatic heterocycles. The van der Waals surface area contributed by atoms with E-state index in [0.29, 0.717) is 18.9 Å². The third-order valence-corrected chi connectivity index (χ3v) is 7.66. The molecule has 116 valence electrons. The maximum absolute atomic E-state index is 12.8. The summed E-state index contributed by atoms with van der Waals surface area (Å²) in [5.74, 6) is 0.468. The Morgan fingerprint density at radius 1 is 1.25 bits per heavy atom. The molecule has 2 heterocycles. The van der Waals surface area contributed by atoms with Crippen molar-refractivity contribution in [1.29, 1.82) is 0 Å². The van der Waals surface area contributed by atoms with Crippen LogP contribution in [0, 0.1) is 11.8 Å². The van der Waals surface area contributed by atoms with Gasteiger partial charge in [0.05, 0.1) is 24.0 Å². The van der Waals surface area contributed by atoms with E-state index in [2.05, 4.69) is 13.8 Å². The second kappa shape index (κ2) is 5.23. The SMILES string of the molecule is CC(C)[C@@H]1C[C@H]2OC[C@@H]([C@H]1O)N2S(=O)(=O)C1CCCC1. The summed E-state index contributed by atoms with van der Waals surface area (Å²) < 4.78 is 32.8. The molecule has 3 fully saturated rings. The normalized spacial score (nSPS) is 39.8. The van der Waals surface area contributed by atoms with Crippen molar-refractivity contribution >= 4 is 10.0 Å². The van der Waals surface area contributed by atoms with Crippen molar-refractivity contribution in [3.63, 3.8) is 0 Å². The van der Waals surface area contributed by atoms with E-state index in [9.17, 15) is 13.5 Å². The van der Waals surface area contributed by atoms with Crippen molar-refractivity contribution in [2.45, 2.75) is 69.6 Å². The van der Waals surface area contributed by atoms with Crippen LogP contribution in [0.5, 0.6) is 0 Å². The van der Waals surface area contributed by atoms with Gasteiger partial charge in [0.1, 0.15) is 6.23 Å². The third kappa shape index (κ3) is 2.21. The number of fused-ring (bicyclic) bond motifs is 2. The van der Waals surface area contributed by atoms with Crippen LogP contribution in [0.3, 0.4) is 0 Å². The number of aliphatic hydroxyl groups excluding tert-OH is 1. The smallest absolute Gasteiger partial charge is 0.219 e. The molecule has 5 nitrogen and oxygen atoms in total. The van der Waals surface area contributed by atoms with Gasteiger partial charge in [-0.05, 0) is 31.1 Å². The molecule has 20 heavy (non-hydrogen) atoms. The van der Waals surface area contributed by atoms with Crippen LogP contribution in [0.25, 0.3) is 0 Å². The van der Waals surface area contributed by atoms with Crippen LogP contribution >= 0.6 is 0 Å². The van der Waals surface area contributed by atoms with Gasteiger partial charge in [-0.25, -0.2) is 8.42 Å². The topological polar surface area (TPSA) is 66.8 Å². The number of sulfonamides is 1. The summed E-state index contributed by atoms with van der Waals surface area (Å²) in [6.07, 6.45) is 3.13. The Hall–Kier alpha value is -0.170. The van der Waals surface area contributed by atoms with Crippen LogP contribution in [-0.4, -0.2) is 48.1 Å². The molecule has 3 aliphatic rings. The molecule has 0 radical (unpaired) electrons. The van der Waals surface area contributed by atoms with Crippen molar-refractivity contribution in [2.75, 3.05) is 6.61 Å². The van der Waals surface area contributed by atoms with E-state index in [1.165, 1.54) is 4.31 Å². The molecule has 3 rings (SSSR count). The second-order valence-electron chi connectivity index (χ2n) is 6.77. The predicted molar refractivity (Wildman–Crippen MR) is 75.5 cm³/mol. The Morgan fingerprint density at radius 3 is 2.50 bits per heavy atom. The fourth-order valence-electron chi connectivity index (χ4n) is 4.03. The van der Waals surface area contributed by atoms with Gasteiger partial charge in [-0.2, -0.15) is 4.31 Å². The van der Waals surface area contributed by atoms with Gasteiger partial charge in [0, 0.05) is 0 Å². The first-order chi connectivity index (χ1) is 9.43. The van der Waals surface area contributed by atoms with Gasteiger partial charge in [-0.15, -0.1) is 0 Å². The number of piperidine rings is 1. The van der Waals surface area contributed by atoms with Crippen molar-refractivity contribution in [2.24, 2.45) is 11.8 Å². The summed E-state index contributed by atoms with van der Waals surface area (Å²) in [5.41, 5.74) is 0. The fourth-order valence-corrected chi connectivity index (χ4v) is 6.34. The van der Waals surface area contributed by atoms with E-state index in [1.807, 2.05) is 0 Å². The van der Waals surface area contributed by atoms with Gasteiger partial charge in [0.15, 0.2) is 0 Å². The van der Waals surface area contributed by atoms with Crippen molar-refractivity contribution in [1.82, 2.24) is 4.31 Å². The first-order valence-corrected chi connectivity index (χ1v) is 9.25. The minimum Gasteiger partial charge on any atom is -0.391 e. The van der Waals surface area contributed by atoms with Gasteiger partial charge in [-0.3, -0.25) is 0 Å². The molecule has 2 bridgehead atoms. The van der Waals surface area contributed by atoms with Crippen molar-refractivity contribution < 1.29 is 18.3 Å². The number of rotatable bonds is 3. The molecule has 0 amide bonds. The van der Waals surface area contributed by atoms with E-state index in [0.717, 1.165) is 25.7 Å². The van der Waals surface area contributed by atoms with Crippen LogP contribution < -0.4 is 0 Å². The molecule has 1 aliphatic carbocycles. The van der Waals surface area contributed by atoms with Crippen LogP contribution in [0.1, 0.15) is 46.0 Å². The Labute approximate surface area is 121 Å². The number of ether oxygens (including phenoxy) is 1. The van der Waals surface area contributed by atoms with Crippen LogP contribution in [-0.2, 0) is 14.8 Å². The molecule has 0 spiro atoms. The van der Waals surface area contributed by atoms with Crippen LogP contribution in [0.4, 0.5) is 0 Å². The zero-order valence-corrected chi connectivity index (χ0v) is 13.1. The lowest BCUT2D eigenvalue weighted by molar-refractivity contribution is -0.0343. The number of hydrogen-bond acceptors (Lipinski definition) is 4. The molecule has 4 atom stereocenters. The van der Waals surface area contributed by atoms with E-state index >= 15 is 0 Å². The lowest BCUT2D eigenvalue weighted by Crippen LogP contribution is -2.57. The minimum atomic E-state index is -3.33. The molecule has 1 saturated carbocycles. The van der Waals surface area contributed by atoms with Gasteiger partial charge in [-0.1, -0.05) is 26.7 Å². The minimum absolute atomic E-state index is 0.127. The molecular weight excluding hydrogens is 278 g/mol. The molecule has 2 aliphatic heterocycles. The zero-order chi connectivity index (χ0) is 14.5. The number of nitrogens with zero attached hydrogens (tertiary/aromatic N) is 1. The van der Waals surface area contributed by atoms with Crippen LogP contribution in [0.2, 0.25) is 0 Å². The van der Waals surface area contributed by atoms with Gasteiger partial charge in [0.2, 0.25) is 10.0 Å². The summed E-state index contributed by atoms with van der Waals surface area (Å²) in [7, 11) is -3.33. The largest absolute Gasteiger partial charge is 0.391 e. The Balaban J connectivity index is 1.85. The third-order valence-electron chi connectivity index (χ3n) is 5.25. The van der Waals surface area contributed by atoms with Gasteiger partial charge in [0.25, 0.3) is 0 Å². The molecule has 6 heteroatoms. The highest BCUT2D eigenvalue weighted by molar-refractivity contribution is 7.89. The number of aliphatic hydroxyl groups is 1. The fraction of sp³-hybridized carbons (Fsp3) is 1.00. The molecule has 1 N–H and O–H groups in total. The average Bonchev–Trinajstić information content (AvgIpc) is 3.02. The highest BCUT2D eigenvalue weighted by Crippen LogP contribution is 2.42. The van der Waals surface area contributed by atoms with Gasteiger partial charge >= 0.3 is 0 Å². The molecule has 2 saturated heterocycles. The summed E-state index contributed by atoms with van der Waals surface area (Å²) in [6.45, 7) is 4.49. The highest BCUT2D eigenvalue weighted by Gasteiger charge is 2.54.